The maximum atomic E-state index is 12.3. The quantitative estimate of drug-likeness (QED) is 0.325. The van der Waals surface area contributed by atoms with E-state index < -0.39 is 0 Å². The van der Waals surface area contributed by atoms with Crippen LogP contribution in [0, 0.1) is 0 Å². The predicted molar refractivity (Wildman–Crippen MR) is 122 cm³/mol. The Labute approximate surface area is 179 Å². The molecule has 0 saturated carbocycles. The normalized spacial score (nSPS) is 11.3. The highest BCUT2D eigenvalue weighted by molar-refractivity contribution is 14.0. The van der Waals surface area contributed by atoms with Crippen molar-refractivity contribution in [1.82, 2.24) is 20.1 Å². The summed E-state index contributed by atoms with van der Waals surface area (Å²) in [7, 11) is 1.91. The first-order valence-electron chi connectivity index (χ1n) is 9.14. The molecule has 150 valence electrons. The SMILES string of the molecule is CCNC(=NCCc1csc(C(C)C)n1)N(C)CC(=O)N(CC)CC.I. The van der Waals surface area contributed by atoms with E-state index in [1.165, 1.54) is 5.01 Å². The Kier molecular flexibility index (Phi) is 12.8. The lowest BCUT2D eigenvalue weighted by Gasteiger charge is -2.25. The van der Waals surface area contributed by atoms with Gasteiger partial charge in [-0.1, -0.05) is 13.8 Å². The van der Waals surface area contributed by atoms with Crippen LogP contribution in [0.1, 0.15) is 51.2 Å². The second-order valence-electron chi connectivity index (χ2n) is 6.24. The summed E-state index contributed by atoms with van der Waals surface area (Å²) in [5.41, 5.74) is 1.09. The number of rotatable bonds is 9. The van der Waals surface area contributed by atoms with E-state index in [-0.39, 0.29) is 29.9 Å². The van der Waals surface area contributed by atoms with Crippen molar-refractivity contribution in [2.24, 2.45) is 4.99 Å². The van der Waals surface area contributed by atoms with Crippen LogP contribution in [0.25, 0.3) is 0 Å². The zero-order chi connectivity index (χ0) is 18.8. The maximum Gasteiger partial charge on any atom is 0.242 e. The van der Waals surface area contributed by atoms with Crippen LogP contribution in [0.2, 0.25) is 0 Å². The third-order valence-corrected chi connectivity index (χ3v) is 5.07. The molecule has 1 rings (SSSR count). The Bertz CT molecular complexity index is 558. The molecule has 0 aromatic carbocycles. The lowest BCUT2D eigenvalue weighted by molar-refractivity contribution is -0.131. The van der Waals surface area contributed by atoms with E-state index in [1.807, 2.05) is 37.6 Å². The molecule has 0 bridgehead atoms. The van der Waals surface area contributed by atoms with Gasteiger partial charge < -0.3 is 15.1 Å². The van der Waals surface area contributed by atoms with Crippen LogP contribution in [-0.4, -0.2) is 66.4 Å². The van der Waals surface area contributed by atoms with Crippen molar-refractivity contribution in [3.8, 4) is 0 Å². The van der Waals surface area contributed by atoms with E-state index in [0.717, 1.165) is 37.7 Å². The maximum absolute atomic E-state index is 12.3. The fraction of sp³-hybridized carbons (Fsp3) is 0.722. The summed E-state index contributed by atoms with van der Waals surface area (Å²) in [6.07, 6.45) is 0.815. The molecule has 0 spiro atoms. The number of nitrogens with zero attached hydrogens (tertiary/aromatic N) is 4. The lowest BCUT2D eigenvalue weighted by atomic mass is 10.2. The van der Waals surface area contributed by atoms with E-state index in [9.17, 15) is 4.79 Å². The molecule has 0 fully saturated rings. The van der Waals surface area contributed by atoms with Crippen molar-refractivity contribution in [2.75, 3.05) is 39.8 Å². The smallest absolute Gasteiger partial charge is 0.242 e. The number of nitrogens with one attached hydrogen (secondary N) is 1. The van der Waals surface area contributed by atoms with Crippen LogP contribution in [-0.2, 0) is 11.2 Å². The van der Waals surface area contributed by atoms with Gasteiger partial charge in [0.05, 0.1) is 17.2 Å². The first-order valence-corrected chi connectivity index (χ1v) is 10.0. The fourth-order valence-corrected chi connectivity index (χ4v) is 3.27. The van der Waals surface area contributed by atoms with Gasteiger partial charge in [-0.05, 0) is 20.8 Å². The summed E-state index contributed by atoms with van der Waals surface area (Å²) < 4.78 is 0. The lowest BCUT2D eigenvalue weighted by Crippen LogP contribution is -2.45. The fourth-order valence-electron chi connectivity index (χ4n) is 2.40. The minimum atomic E-state index is 0. The molecule has 1 heterocycles. The molecule has 26 heavy (non-hydrogen) atoms. The largest absolute Gasteiger partial charge is 0.357 e. The average molecular weight is 495 g/mol. The summed E-state index contributed by atoms with van der Waals surface area (Å²) in [6.45, 7) is 13.6. The van der Waals surface area contributed by atoms with Crippen molar-refractivity contribution < 1.29 is 4.79 Å². The zero-order valence-corrected chi connectivity index (χ0v) is 20.1. The highest BCUT2D eigenvalue weighted by Gasteiger charge is 2.15. The van der Waals surface area contributed by atoms with Crippen LogP contribution in [0.5, 0.6) is 0 Å². The first-order chi connectivity index (χ1) is 11.9. The highest BCUT2D eigenvalue weighted by Crippen LogP contribution is 2.19. The number of likely N-dealkylation sites (N-methyl/N-ethyl adjacent to an activating group) is 2. The van der Waals surface area contributed by atoms with Crippen LogP contribution in [0.3, 0.4) is 0 Å². The van der Waals surface area contributed by atoms with Crippen molar-refractivity contribution >= 4 is 47.2 Å². The average Bonchev–Trinajstić information content (AvgIpc) is 3.04. The predicted octanol–water partition coefficient (Wildman–Crippen LogP) is 3.19. The van der Waals surface area contributed by atoms with Gasteiger partial charge >= 0.3 is 0 Å². The van der Waals surface area contributed by atoms with Gasteiger partial charge in [-0.25, -0.2) is 4.98 Å². The van der Waals surface area contributed by atoms with Crippen molar-refractivity contribution in [1.29, 1.82) is 0 Å². The molecule has 1 aromatic heterocycles. The third-order valence-electron chi connectivity index (χ3n) is 3.88. The van der Waals surface area contributed by atoms with E-state index >= 15 is 0 Å². The number of guanidine groups is 1. The monoisotopic (exact) mass is 495 g/mol. The first kappa shape index (κ1) is 25.1. The second-order valence-corrected chi connectivity index (χ2v) is 7.13. The number of aliphatic imine (C=N–C) groups is 1. The molecule has 0 atom stereocenters. The second kappa shape index (κ2) is 13.3. The Morgan fingerprint density at radius 1 is 1.31 bits per heavy atom. The summed E-state index contributed by atoms with van der Waals surface area (Å²) >= 11 is 1.71. The summed E-state index contributed by atoms with van der Waals surface area (Å²) in [5, 5.41) is 6.55. The Morgan fingerprint density at radius 3 is 2.46 bits per heavy atom. The van der Waals surface area contributed by atoms with Gasteiger partial charge in [-0.15, -0.1) is 35.3 Å². The highest BCUT2D eigenvalue weighted by atomic mass is 127. The molecule has 0 aliphatic carbocycles. The number of carbonyl (C=O) groups excluding carboxylic acids is 1. The summed E-state index contributed by atoms with van der Waals surface area (Å²) in [4.78, 5) is 25.3. The Balaban J connectivity index is 0.00000625. The molecule has 0 unspecified atom stereocenters. The van der Waals surface area contributed by atoms with E-state index in [4.69, 9.17) is 0 Å². The molecule has 1 aromatic rings. The van der Waals surface area contributed by atoms with E-state index in [1.54, 1.807) is 11.3 Å². The van der Waals surface area contributed by atoms with Crippen LogP contribution >= 0.6 is 35.3 Å². The minimum absolute atomic E-state index is 0. The minimum Gasteiger partial charge on any atom is -0.357 e. The molecule has 1 amide bonds. The van der Waals surface area contributed by atoms with Crippen molar-refractivity contribution in [3.63, 3.8) is 0 Å². The summed E-state index contributed by atoms with van der Waals surface area (Å²) in [5.74, 6) is 1.36. The Morgan fingerprint density at radius 2 is 1.96 bits per heavy atom. The van der Waals surface area contributed by atoms with Gasteiger partial charge in [-0.3, -0.25) is 9.79 Å². The molecule has 0 aliphatic rings. The number of carbonyl (C=O) groups is 1. The van der Waals surface area contributed by atoms with Gasteiger partial charge in [0.25, 0.3) is 0 Å². The standard InChI is InChI=1S/C18H33N5OS.HI/c1-7-19-18(22(6)12-16(24)23(8-2)9-3)20-11-10-15-13-25-17(21-15)14(4)5;/h13-14H,7-12H2,1-6H3,(H,19,20);1H. The number of halogens is 1. The number of hydrogen-bond acceptors (Lipinski definition) is 4. The third kappa shape index (κ3) is 8.20. The van der Waals surface area contributed by atoms with Crippen LogP contribution in [0.15, 0.2) is 10.4 Å². The number of thiazole rings is 1. The van der Waals surface area contributed by atoms with Crippen LogP contribution in [0.4, 0.5) is 0 Å². The molecule has 8 heteroatoms. The van der Waals surface area contributed by atoms with E-state index in [2.05, 4.69) is 34.5 Å². The zero-order valence-electron chi connectivity index (χ0n) is 16.9. The molecule has 1 N–H and O–H groups in total. The number of aromatic nitrogens is 1. The van der Waals surface area contributed by atoms with Gasteiger partial charge in [0.2, 0.25) is 5.91 Å². The molecular formula is C18H34IN5OS. The van der Waals surface area contributed by atoms with Crippen molar-refractivity contribution in [3.05, 3.63) is 16.1 Å². The molecule has 0 radical (unpaired) electrons. The molecule has 0 aliphatic heterocycles. The number of amides is 1. The topological polar surface area (TPSA) is 60.8 Å². The summed E-state index contributed by atoms with van der Waals surface area (Å²) in [6, 6.07) is 0. The van der Waals surface area contributed by atoms with Crippen molar-refractivity contribution in [2.45, 2.75) is 47.0 Å². The Hall–Kier alpha value is -0.900. The molecular weight excluding hydrogens is 461 g/mol. The van der Waals surface area contributed by atoms with Gasteiger partial charge in [0.1, 0.15) is 0 Å². The van der Waals surface area contributed by atoms with Gasteiger partial charge in [0, 0.05) is 50.9 Å². The van der Waals surface area contributed by atoms with Crippen LogP contribution < -0.4 is 5.32 Å². The van der Waals surface area contributed by atoms with Gasteiger partial charge in [-0.2, -0.15) is 0 Å². The molecule has 6 nitrogen and oxygen atoms in total. The number of hydrogen-bond donors (Lipinski definition) is 1. The van der Waals surface area contributed by atoms with E-state index in [0.29, 0.717) is 19.0 Å². The van der Waals surface area contributed by atoms with Gasteiger partial charge in [0.15, 0.2) is 5.96 Å². The molecule has 0 saturated heterocycles.